The molecule has 0 N–H and O–H groups in total. The van der Waals surface area contributed by atoms with E-state index in [0.29, 0.717) is 32.5 Å². The summed E-state index contributed by atoms with van der Waals surface area (Å²) in [6.45, 7) is 5.48. The van der Waals surface area contributed by atoms with Crippen LogP contribution in [0.5, 0.6) is 5.75 Å². The Morgan fingerprint density at radius 3 is 2.52 bits per heavy atom. The van der Waals surface area contributed by atoms with Crippen molar-refractivity contribution in [2.24, 2.45) is 5.92 Å². The van der Waals surface area contributed by atoms with E-state index in [4.69, 9.17) is 9.47 Å². The van der Waals surface area contributed by atoms with Gasteiger partial charge in [0, 0.05) is 13.1 Å². The number of carbonyl (C=O) groups is 2. The van der Waals surface area contributed by atoms with Crippen molar-refractivity contribution in [2.75, 3.05) is 26.3 Å². The fourth-order valence-corrected chi connectivity index (χ4v) is 2.79. The number of para-hydroxylation sites is 1. The van der Waals surface area contributed by atoms with Crippen LogP contribution < -0.4 is 4.74 Å². The number of esters is 1. The third-order valence-electron chi connectivity index (χ3n) is 4.17. The second-order valence-corrected chi connectivity index (χ2v) is 5.66. The first kappa shape index (κ1) is 17.3. The number of ether oxygens (including phenoxy) is 2. The summed E-state index contributed by atoms with van der Waals surface area (Å²) in [5.74, 6) is 0.511. The van der Waals surface area contributed by atoms with Crippen molar-refractivity contribution in [2.45, 2.75) is 33.1 Å². The van der Waals surface area contributed by atoms with E-state index >= 15 is 0 Å². The first-order valence-corrected chi connectivity index (χ1v) is 8.30. The zero-order chi connectivity index (χ0) is 16.7. The highest BCUT2D eigenvalue weighted by molar-refractivity contribution is 5.78. The first-order valence-electron chi connectivity index (χ1n) is 8.30. The van der Waals surface area contributed by atoms with Crippen LogP contribution in [-0.2, 0) is 20.7 Å². The van der Waals surface area contributed by atoms with Gasteiger partial charge in [-0.25, -0.2) is 0 Å². The van der Waals surface area contributed by atoms with Gasteiger partial charge in [-0.3, -0.25) is 9.59 Å². The number of likely N-dealkylation sites (tertiary alicyclic amines) is 1. The van der Waals surface area contributed by atoms with Gasteiger partial charge >= 0.3 is 5.97 Å². The van der Waals surface area contributed by atoms with E-state index < -0.39 is 0 Å². The Hall–Kier alpha value is -2.04. The number of rotatable bonds is 6. The summed E-state index contributed by atoms with van der Waals surface area (Å²) < 4.78 is 10.7. The molecule has 23 heavy (non-hydrogen) atoms. The molecule has 1 aromatic rings. The molecule has 0 atom stereocenters. The molecule has 126 valence electrons. The predicted molar refractivity (Wildman–Crippen MR) is 87.3 cm³/mol. The van der Waals surface area contributed by atoms with Gasteiger partial charge in [0.1, 0.15) is 5.75 Å². The Kier molecular flexibility index (Phi) is 6.44. The summed E-state index contributed by atoms with van der Waals surface area (Å²) in [5, 5.41) is 0. The van der Waals surface area contributed by atoms with E-state index in [9.17, 15) is 9.59 Å². The Balaban J connectivity index is 1.80. The molecule has 5 heteroatoms. The predicted octanol–water partition coefficient (Wildman–Crippen LogP) is 2.43. The summed E-state index contributed by atoms with van der Waals surface area (Å²) in [7, 11) is 0. The van der Waals surface area contributed by atoms with Gasteiger partial charge in [-0.15, -0.1) is 0 Å². The molecule has 1 fully saturated rings. The number of nitrogens with zero attached hydrogens (tertiary/aromatic N) is 1. The Morgan fingerprint density at radius 2 is 1.87 bits per heavy atom. The smallest absolute Gasteiger partial charge is 0.309 e. The van der Waals surface area contributed by atoms with Gasteiger partial charge in [0.15, 0.2) is 6.61 Å². The molecule has 1 aliphatic heterocycles. The van der Waals surface area contributed by atoms with Gasteiger partial charge in [-0.2, -0.15) is 0 Å². The summed E-state index contributed by atoms with van der Waals surface area (Å²) in [6.07, 6.45) is 2.20. The third-order valence-corrected chi connectivity index (χ3v) is 4.17. The highest BCUT2D eigenvalue weighted by Crippen LogP contribution is 2.20. The van der Waals surface area contributed by atoms with Crippen molar-refractivity contribution in [1.82, 2.24) is 4.90 Å². The van der Waals surface area contributed by atoms with E-state index in [1.54, 1.807) is 4.90 Å². The topological polar surface area (TPSA) is 55.8 Å². The lowest BCUT2D eigenvalue weighted by molar-refractivity contribution is -0.151. The molecule has 0 saturated carbocycles. The SMILES string of the molecule is CCOC(=O)C1CCN(C(=O)COc2ccccc2CC)CC1. The lowest BCUT2D eigenvalue weighted by atomic mass is 9.97. The Labute approximate surface area is 137 Å². The van der Waals surface area contributed by atoms with Crippen LogP contribution in [0.25, 0.3) is 0 Å². The van der Waals surface area contributed by atoms with Crippen molar-refractivity contribution < 1.29 is 19.1 Å². The largest absolute Gasteiger partial charge is 0.483 e. The van der Waals surface area contributed by atoms with Crippen LogP contribution in [0, 0.1) is 5.92 Å². The minimum Gasteiger partial charge on any atom is -0.483 e. The number of piperidine rings is 1. The third kappa shape index (κ3) is 4.71. The van der Waals surface area contributed by atoms with Crippen LogP contribution in [0.1, 0.15) is 32.3 Å². The van der Waals surface area contributed by atoms with Gasteiger partial charge in [-0.05, 0) is 37.8 Å². The van der Waals surface area contributed by atoms with E-state index in [0.717, 1.165) is 17.7 Å². The minimum atomic E-state index is -0.146. The Bertz CT molecular complexity index is 536. The second-order valence-electron chi connectivity index (χ2n) is 5.66. The molecule has 1 amide bonds. The zero-order valence-corrected chi connectivity index (χ0v) is 13.9. The molecule has 0 unspecified atom stereocenters. The second kappa shape index (κ2) is 8.56. The fraction of sp³-hybridized carbons (Fsp3) is 0.556. The summed E-state index contributed by atoms with van der Waals surface area (Å²) >= 11 is 0. The van der Waals surface area contributed by atoms with Crippen LogP contribution in [0.15, 0.2) is 24.3 Å². The van der Waals surface area contributed by atoms with E-state index in [-0.39, 0.29) is 24.4 Å². The number of carbonyl (C=O) groups excluding carboxylic acids is 2. The van der Waals surface area contributed by atoms with Crippen molar-refractivity contribution in [3.05, 3.63) is 29.8 Å². The maximum atomic E-state index is 12.3. The molecular formula is C18H25NO4. The van der Waals surface area contributed by atoms with Gasteiger partial charge in [-0.1, -0.05) is 25.1 Å². The van der Waals surface area contributed by atoms with Crippen LogP contribution in [-0.4, -0.2) is 43.1 Å². The first-order chi connectivity index (χ1) is 11.2. The van der Waals surface area contributed by atoms with Crippen molar-refractivity contribution >= 4 is 11.9 Å². The van der Waals surface area contributed by atoms with Crippen LogP contribution >= 0.6 is 0 Å². The van der Waals surface area contributed by atoms with Crippen LogP contribution in [0.2, 0.25) is 0 Å². The molecule has 0 spiro atoms. The van der Waals surface area contributed by atoms with Crippen molar-refractivity contribution in [1.29, 1.82) is 0 Å². The standard InChI is InChI=1S/C18H25NO4/c1-3-14-7-5-6-8-16(14)23-13-17(20)19-11-9-15(10-12-19)18(21)22-4-2/h5-8,15H,3-4,9-13H2,1-2H3. The van der Waals surface area contributed by atoms with Gasteiger partial charge < -0.3 is 14.4 Å². The molecule has 5 nitrogen and oxygen atoms in total. The van der Waals surface area contributed by atoms with E-state index in [1.807, 2.05) is 31.2 Å². The maximum Gasteiger partial charge on any atom is 0.309 e. The number of amides is 1. The average molecular weight is 319 g/mol. The molecule has 1 aromatic carbocycles. The van der Waals surface area contributed by atoms with Crippen molar-refractivity contribution in [3.8, 4) is 5.75 Å². The lowest BCUT2D eigenvalue weighted by Crippen LogP contribution is -2.42. The number of benzene rings is 1. The molecule has 1 heterocycles. The fourth-order valence-electron chi connectivity index (χ4n) is 2.79. The lowest BCUT2D eigenvalue weighted by Gasteiger charge is -2.30. The van der Waals surface area contributed by atoms with Crippen LogP contribution in [0.3, 0.4) is 0 Å². The number of aryl methyl sites for hydroxylation is 1. The molecule has 2 rings (SSSR count). The number of hydrogen-bond acceptors (Lipinski definition) is 4. The van der Waals surface area contributed by atoms with Gasteiger partial charge in [0.25, 0.3) is 5.91 Å². The molecule has 1 aliphatic rings. The summed E-state index contributed by atoms with van der Waals surface area (Å²) in [6, 6.07) is 7.77. The average Bonchev–Trinajstić information content (AvgIpc) is 2.60. The zero-order valence-electron chi connectivity index (χ0n) is 13.9. The molecule has 0 aliphatic carbocycles. The van der Waals surface area contributed by atoms with Crippen LogP contribution in [0.4, 0.5) is 0 Å². The van der Waals surface area contributed by atoms with E-state index in [2.05, 4.69) is 6.92 Å². The quantitative estimate of drug-likeness (QED) is 0.756. The molecule has 0 aromatic heterocycles. The summed E-state index contributed by atoms with van der Waals surface area (Å²) in [5.41, 5.74) is 1.10. The minimum absolute atomic E-state index is 0.0294. The van der Waals surface area contributed by atoms with Gasteiger partial charge in [0.05, 0.1) is 12.5 Å². The highest BCUT2D eigenvalue weighted by Gasteiger charge is 2.28. The highest BCUT2D eigenvalue weighted by atomic mass is 16.5. The molecule has 0 radical (unpaired) electrons. The van der Waals surface area contributed by atoms with Crippen molar-refractivity contribution in [3.63, 3.8) is 0 Å². The van der Waals surface area contributed by atoms with Gasteiger partial charge in [0.2, 0.25) is 0 Å². The number of hydrogen-bond donors (Lipinski definition) is 0. The normalized spacial score (nSPS) is 15.3. The summed E-state index contributed by atoms with van der Waals surface area (Å²) in [4.78, 5) is 25.7. The molecular weight excluding hydrogens is 294 g/mol. The van der Waals surface area contributed by atoms with E-state index in [1.165, 1.54) is 0 Å². The molecule has 0 bridgehead atoms. The molecule has 1 saturated heterocycles. The Morgan fingerprint density at radius 1 is 1.17 bits per heavy atom. The monoisotopic (exact) mass is 319 g/mol. The maximum absolute atomic E-state index is 12.3.